The predicted molar refractivity (Wildman–Crippen MR) is 83.1 cm³/mol. The van der Waals surface area contributed by atoms with Crippen molar-refractivity contribution < 1.29 is 23.1 Å². The van der Waals surface area contributed by atoms with Crippen LogP contribution in [0, 0.1) is 11.6 Å². The normalized spacial score (nSPS) is 15.1. The number of carbonyl (C=O) groups is 2. The van der Waals surface area contributed by atoms with Gasteiger partial charge in [-0.05, 0) is 48.8 Å². The molecule has 0 aromatic heterocycles. The lowest BCUT2D eigenvalue weighted by Gasteiger charge is -2.40. The van der Waals surface area contributed by atoms with Crippen molar-refractivity contribution in [2.75, 3.05) is 13.1 Å². The molecule has 1 heterocycles. The highest BCUT2D eigenvalue weighted by Crippen LogP contribution is 2.24. The Hall–Kier alpha value is -1.70. The molecule has 1 N–H and O–H groups in total. The summed E-state index contributed by atoms with van der Waals surface area (Å²) >= 11 is 2.87. The van der Waals surface area contributed by atoms with E-state index in [4.69, 9.17) is 4.74 Å². The SMILES string of the molecule is CC(C)(C)OC(=O)N1CC(NC(=O)c2c(F)ccc(F)c2Br)C1. The minimum atomic E-state index is -0.820. The summed E-state index contributed by atoms with van der Waals surface area (Å²) in [6, 6.07) is 1.50. The molecule has 1 aliphatic rings. The van der Waals surface area contributed by atoms with E-state index in [2.05, 4.69) is 21.2 Å². The molecular weight excluding hydrogens is 374 g/mol. The number of benzene rings is 1. The molecule has 8 heteroatoms. The number of ether oxygens (including phenoxy) is 1. The largest absolute Gasteiger partial charge is 0.444 e. The van der Waals surface area contributed by atoms with Gasteiger partial charge in [0, 0.05) is 13.1 Å². The second kappa shape index (κ2) is 6.43. The number of halogens is 3. The number of carbonyl (C=O) groups excluding carboxylic acids is 2. The van der Waals surface area contributed by atoms with E-state index in [1.54, 1.807) is 20.8 Å². The van der Waals surface area contributed by atoms with Crippen LogP contribution in [0.5, 0.6) is 0 Å². The zero-order valence-corrected chi connectivity index (χ0v) is 14.5. The number of amides is 2. The Morgan fingerprint density at radius 1 is 1.26 bits per heavy atom. The molecule has 0 aliphatic carbocycles. The van der Waals surface area contributed by atoms with Gasteiger partial charge in [-0.3, -0.25) is 4.79 Å². The summed E-state index contributed by atoms with van der Waals surface area (Å²) in [6.07, 6.45) is -0.471. The lowest BCUT2D eigenvalue weighted by atomic mass is 10.1. The molecule has 5 nitrogen and oxygen atoms in total. The third-order valence-electron chi connectivity index (χ3n) is 3.14. The number of nitrogens with zero attached hydrogens (tertiary/aromatic N) is 1. The van der Waals surface area contributed by atoms with E-state index in [-0.39, 0.29) is 29.2 Å². The molecule has 2 rings (SSSR count). The van der Waals surface area contributed by atoms with Crippen LogP contribution in [0.4, 0.5) is 13.6 Å². The van der Waals surface area contributed by atoms with Crippen LogP contribution in [0.3, 0.4) is 0 Å². The first-order valence-electron chi connectivity index (χ1n) is 7.01. The molecule has 0 spiro atoms. The molecule has 0 unspecified atom stereocenters. The number of hydrogen-bond donors (Lipinski definition) is 1. The Labute approximate surface area is 141 Å². The maximum atomic E-state index is 13.7. The van der Waals surface area contributed by atoms with Crippen molar-refractivity contribution in [1.82, 2.24) is 10.2 Å². The predicted octanol–water partition coefficient (Wildman–Crippen LogP) is 3.08. The molecular formula is C15H17BrF2N2O3. The van der Waals surface area contributed by atoms with E-state index in [0.717, 1.165) is 12.1 Å². The molecule has 1 fully saturated rings. The van der Waals surface area contributed by atoms with Gasteiger partial charge in [-0.1, -0.05) is 0 Å². The highest BCUT2D eigenvalue weighted by Gasteiger charge is 2.35. The van der Waals surface area contributed by atoms with Crippen molar-refractivity contribution in [1.29, 1.82) is 0 Å². The minimum Gasteiger partial charge on any atom is -0.444 e. The van der Waals surface area contributed by atoms with Crippen LogP contribution < -0.4 is 5.32 Å². The first kappa shape index (κ1) is 17.7. The molecule has 1 saturated heterocycles. The third kappa shape index (κ3) is 4.19. The molecule has 1 aliphatic heterocycles. The molecule has 1 aromatic carbocycles. The molecule has 23 heavy (non-hydrogen) atoms. The Morgan fingerprint density at radius 2 is 1.83 bits per heavy atom. The fourth-order valence-corrected chi connectivity index (χ4v) is 2.54. The van der Waals surface area contributed by atoms with Crippen LogP contribution in [-0.2, 0) is 4.74 Å². The van der Waals surface area contributed by atoms with Gasteiger partial charge in [0.15, 0.2) is 0 Å². The van der Waals surface area contributed by atoms with Crippen molar-refractivity contribution in [2.45, 2.75) is 32.4 Å². The highest BCUT2D eigenvalue weighted by atomic mass is 79.9. The third-order valence-corrected chi connectivity index (χ3v) is 3.91. The van der Waals surface area contributed by atoms with Gasteiger partial charge in [-0.15, -0.1) is 0 Å². The molecule has 1 aromatic rings. The lowest BCUT2D eigenvalue weighted by molar-refractivity contribution is 0.00530. The van der Waals surface area contributed by atoms with Crippen molar-refractivity contribution >= 4 is 27.9 Å². The minimum absolute atomic E-state index is 0.224. The van der Waals surface area contributed by atoms with Crippen LogP contribution >= 0.6 is 15.9 Å². The molecule has 0 bridgehead atoms. The zero-order chi connectivity index (χ0) is 17.4. The van der Waals surface area contributed by atoms with E-state index in [9.17, 15) is 18.4 Å². The quantitative estimate of drug-likeness (QED) is 0.789. The number of likely N-dealkylation sites (tertiary alicyclic amines) is 1. The number of hydrogen-bond acceptors (Lipinski definition) is 3. The smallest absolute Gasteiger partial charge is 0.410 e. The molecule has 126 valence electrons. The number of rotatable bonds is 2. The van der Waals surface area contributed by atoms with Gasteiger partial charge in [-0.2, -0.15) is 0 Å². The first-order chi connectivity index (χ1) is 10.6. The monoisotopic (exact) mass is 390 g/mol. The van der Waals surface area contributed by atoms with Crippen molar-refractivity contribution in [3.8, 4) is 0 Å². The second-order valence-electron chi connectivity index (χ2n) is 6.27. The van der Waals surface area contributed by atoms with Crippen LogP contribution in [0.1, 0.15) is 31.1 Å². The van der Waals surface area contributed by atoms with Gasteiger partial charge >= 0.3 is 6.09 Å². The summed E-state index contributed by atoms with van der Waals surface area (Å²) < 4.78 is 32.1. The molecule has 0 saturated carbocycles. The van der Waals surface area contributed by atoms with Crippen molar-refractivity contribution in [3.05, 3.63) is 33.8 Å². The summed E-state index contributed by atoms with van der Waals surface area (Å²) in [6.45, 7) is 5.79. The van der Waals surface area contributed by atoms with Crippen LogP contribution in [-0.4, -0.2) is 41.6 Å². The maximum absolute atomic E-state index is 13.7. The average molecular weight is 391 g/mol. The van der Waals surface area contributed by atoms with Crippen molar-refractivity contribution in [3.63, 3.8) is 0 Å². The van der Waals surface area contributed by atoms with Crippen LogP contribution in [0.2, 0.25) is 0 Å². The average Bonchev–Trinajstić information content (AvgIpc) is 2.36. The summed E-state index contributed by atoms with van der Waals surface area (Å²) in [5.41, 5.74) is -0.984. The first-order valence-corrected chi connectivity index (χ1v) is 7.80. The fourth-order valence-electron chi connectivity index (χ4n) is 2.04. The Kier molecular flexibility index (Phi) is 4.93. The van der Waals surface area contributed by atoms with Crippen LogP contribution in [0.25, 0.3) is 0 Å². The van der Waals surface area contributed by atoms with Gasteiger partial charge in [0.25, 0.3) is 5.91 Å². The zero-order valence-electron chi connectivity index (χ0n) is 13.0. The fraction of sp³-hybridized carbons (Fsp3) is 0.467. The van der Waals surface area contributed by atoms with Crippen LogP contribution in [0.15, 0.2) is 16.6 Å². The molecule has 2 amide bonds. The van der Waals surface area contributed by atoms with E-state index in [1.165, 1.54) is 4.90 Å². The van der Waals surface area contributed by atoms with Gasteiger partial charge in [0.2, 0.25) is 0 Å². The van der Waals surface area contributed by atoms with E-state index >= 15 is 0 Å². The van der Waals surface area contributed by atoms with E-state index < -0.39 is 29.2 Å². The molecule has 0 radical (unpaired) electrons. The van der Waals surface area contributed by atoms with E-state index in [0.29, 0.717) is 0 Å². The topological polar surface area (TPSA) is 58.6 Å². The maximum Gasteiger partial charge on any atom is 0.410 e. The van der Waals surface area contributed by atoms with E-state index in [1.807, 2.05) is 0 Å². The van der Waals surface area contributed by atoms with Gasteiger partial charge in [0.1, 0.15) is 17.2 Å². The van der Waals surface area contributed by atoms with Gasteiger partial charge < -0.3 is 15.0 Å². The summed E-state index contributed by atoms with van der Waals surface area (Å²) in [5, 5.41) is 2.56. The summed E-state index contributed by atoms with van der Waals surface area (Å²) in [5.74, 6) is -2.28. The summed E-state index contributed by atoms with van der Waals surface area (Å²) in [7, 11) is 0. The Balaban J connectivity index is 1.93. The summed E-state index contributed by atoms with van der Waals surface area (Å²) in [4.78, 5) is 25.3. The highest BCUT2D eigenvalue weighted by molar-refractivity contribution is 9.10. The second-order valence-corrected chi connectivity index (χ2v) is 7.07. The van der Waals surface area contributed by atoms with Gasteiger partial charge in [0.05, 0.1) is 16.1 Å². The van der Waals surface area contributed by atoms with Gasteiger partial charge in [-0.25, -0.2) is 13.6 Å². The number of nitrogens with one attached hydrogen (secondary N) is 1. The molecule has 0 atom stereocenters. The Morgan fingerprint density at radius 3 is 2.39 bits per heavy atom. The Bertz CT molecular complexity index is 640. The lowest BCUT2D eigenvalue weighted by Crippen LogP contribution is -2.61. The standard InChI is InChI=1S/C15H17BrF2N2O3/c1-15(2,3)23-14(22)20-6-8(7-20)19-13(21)11-9(17)4-5-10(18)12(11)16/h4-5,8H,6-7H2,1-3H3,(H,19,21). The van der Waals surface area contributed by atoms with Crippen molar-refractivity contribution in [2.24, 2.45) is 0 Å².